The Morgan fingerprint density at radius 1 is 1.00 bits per heavy atom. The topological polar surface area (TPSA) is 102 Å². The lowest BCUT2D eigenvalue weighted by atomic mass is 10.2. The Morgan fingerprint density at radius 3 is 2.38 bits per heavy atom. The highest BCUT2D eigenvalue weighted by Gasteiger charge is 2.21. The van der Waals surface area contributed by atoms with Crippen molar-refractivity contribution in [2.75, 3.05) is 10.6 Å². The van der Waals surface area contributed by atoms with Crippen LogP contribution in [0.4, 0.5) is 11.4 Å². The maximum absolute atomic E-state index is 12.9. The molecule has 8 nitrogen and oxygen atoms in total. The Morgan fingerprint density at radius 2 is 1.71 bits per heavy atom. The Bertz CT molecular complexity index is 1320. The van der Waals surface area contributed by atoms with Gasteiger partial charge in [-0.3, -0.25) is 9.59 Å². The molecule has 2 N–H and O–H groups in total. The van der Waals surface area contributed by atoms with Crippen molar-refractivity contribution in [3.05, 3.63) is 48.5 Å². The molecule has 1 atom stereocenters. The SMILES string of the molecule is CCCCn1c2ccccc2c2nnc(SC(CC)C(=O)Nc3ccc(NC(C)=O)cc3)nc21. The zero-order valence-corrected chi connectivity index (χ0v) is 20.4. The maximum Gasteiger partial charge on any atom is 0.237 e. The Kier molecular flexibility index (Phi) is 7.42. The molecule has 1 unspecified atom stereocenters. The molecular formula is C25H28N6O2S. The van der Waals surface area contributed by atoms with Crippen LogP contribution in [0, 0.1) is 0 Å². The summed E-state index contributed by atoms with van der Waals surface area (Å²) in [4.78, 5) is 28.9. The van der Waals surface area contributed by atoms with Crippen molar-refractivity contribution < 1.29 is 9.59 Å². The van der Waals surface area contributed by atoms with E-state index in [0.29, 0.717) is 23.0 Å². The molecule has 0 saturated heterocycles. The van der Waals surface area contributed by atoms with Crippen molar-refractivity contribution in [3.8, 4) is 0 Å². The number of benzene rings is 2. The van der Waals surface area contributed by atoms with E-state index < -0.39 is 0 Å². The zero-order valence-electron chi connectivity index (χ0n) is 19.5. The number of rotatable bonds is 9. The van der Waals surface area contributed by atoms with Crippen molar-refractivity contribution in [3.63, 3.8) is 0 Å². The number of thioether (sulfide) groups is 1. The molecule has 2 heterocycles. The number of hydrogen-bond acceptors (Lipinski definition) is 6. The molecule has 2 aromatic carbocycles. The second kappa shape index (κ2) is 10.6. The van der Waals surface area contributed by atoms with Gasteiger partial charge in [0.2, 0.25) is 17.0 Å². The van der Waals surface area contributed by atoms with Gasteiger partial charge >= 0.3 is 0 Å². The molecule has 4 rings (SSSR count). The second-order valence-electron chi connectivity index (χ2n) is 8.05. The number of carbonyl (C=O) groups excluding carboxylic acids is 2. The summed E-state index contributed by atoms with van der Waals surface area (Å²) in [5, 5.41) is 15.6. The van der Waals surface area contributed by atoms with E-state index in [-0.39, 0.29) is 17.1 Å². The fraction of sp³-hybridized carbons (Fsp3) is 0.320. The number of hydrogen-bond donors (Lipinski definition) is 2. The fourth-order valence-electron chi connectivity index (χ4n) is 3.79. The molecule has 0 fully saturated rings. The number of aromatic nitrogens is 4. The molecule has 0 aliphatic heterocycles. The number of fused-ring (bicyclic) bond motifs is 3. The molecule has 4 aromatic rings. The minimum absolute atomic E-state index is 0.130. The Labute approximate surface area is 202 Å². The highest BCUT2D eigenvalue weighted by molar-refractivity contribution is 8.00. The van der Waals surface area contributed by atoms with Gasteiger partial charge in [0, 0.05) is 30.2 Å². The number of nitrogens with zero attached hydrogens (tertiary/aromatic N) is 4. The summed E-state index contributed by atoms with van der Waals surface area (Å²) in [6.07, 6.45) is 2.74. The van der Waals surface area contributed by atoms with Gasteiger partial charge in [-0.25, -0.2) is 4.98 Å². The molecule has 0 radical (unpaired) electrons. The molecule has 0 spiro atoms. The van der Waals surface area contributed by atoms with Crippen LogP contribution in [-0.2, 0) is 16.1 Å². The van der Waals surface area contributed by atoms with Crippen molar-refractivity contribution in [2.45, 2.75) is 57.0 Å². The fourth-order valence-corrected chi connectivity index (χ4v) is 4.61. The van der Waals surface area contributed by atoms with Crippen LogP contribution in [0.3, 0.4) is 0 Å². The standard InChI is InChI=1S/C25H28N6O2S/c1-4-6-15-31-20-10-8-7-9-19(20)22-23(31)28-25(30-29-22)34-21(5-2)24(33)27-18-13-11-17(12-14-18)26-16(3)32/h7-14,21H,4-6,15H2,1-3H3,(H,26,32)(H,27,33). The largest absolute Gasteiger partial charge is 0.326 e. The zero-order chi connectivity index (χ0) is 24.1. The second-order valence-corrected chi connectivity index (χ2v) is 9.22. The number of unbranched alkanes of at least 4 members (excludes halogenated alkanes) is 1. The van der Waals surface area contributed by atoms with Gasteiger partial charge in [-0.2, -0.15) is 0 Å². The van der Waals surface area contributed by atoms with Crippen LogP contribution >= 0.6 is 11.8 Å². The first kappa shape index (κ1) is 23.7. The van der Waals surface area contributed by atoms with Gasteiger partial charge in [0.05, 0.1) is 10.8 Å². The smallest absolute Gasteiger partial charge is 0.237 e. The molecule has 0 aliphatic carbocycles. The number of amides is 2. The predicted molar refractivity (Wildman–Crippen MR) is 137 cm³/mol. The summed E-state index contributed by atoms with van der Waals surface area (Å²) >= 11 is 1.32. The highest BCUT2D eigenvalue weighted by Crippen LogP contribution is 2.29. The van der Waals surface area contributed by atoms with E-state index in [0.717, 1.165) is 41.5 Å². The first-order valence-electron chi connectivity index (χ1n) is 11.5. The van der Waals surface area contributed by atoms with Crippen LogP contribution in [0.5, 0.6) is 0 Å². The van der Waals surface area contributed by atoms with Crippen molar-refractivity contribution in [1.29, 1.82) is 0 Å². The quantitative estimate of drug-likeness (QED) is 0.320. The molecule has 176 valence electrons. The molecule has 2 aromatic heterocycles. The third kappa shape index (κ3) is 5.20. The molecule has 34 heavy (non-hydrogen) atoms. The van der Waals surface area contributed by atoms with E-state index in [1.54, 1.807) is 24.3 Å². The van der Waals surface area contributed by atoms with E-state index in [4.69, 9.17) is 4.98 Å². The van der Waals surface area contributed by atoms with E-state index in [2.05, 4.69) is 38.4 Å². The first-order chi connectivity index (χ1) is 16.5. The van der Waals surface area contributed by atoms with E-state index in [1.807, 2.05) is 25.1 Å². The van der Waals surface area contributed by atoms with Gasteiger partial charge in [0.1, 0.15) is 5.52 Å². The summed E-state index contributed by atoms with van der Waals surface area (Å²) in [5.74, 6) is -0.270. The van der Waals surface area contributed by atoms with Crippen molar-refractivity contribution in [1.82, 2.24) is 19.7 Å². The van der Waals surface area contributed by atoms with Crippen LogP contribution in [0.25, 0.3) is 22.1 Å². The number of anilines is 2. The van der Waals surface area contributed by atoms with Crippen LogP contribution in [0.2, 0.25) is 0 Å². The highest BCUT2D eigenvalue weighted by atomic mass is 32.2. The monoisotopic (exact) mass is 476 g/mol. The van der Waals surface area contributed by atoms with E-state index in [9.17, 15) is 9.59 Å². The lowest BCUT2D eigenvalue weighted by Gasteiger charge is -2.14. The van der Waals surface area contributed by atoms with Crippen molar-refractivity contribution >= 4 is 57.0 Å². The third-order valence-electron chi connectivity index (χ3n) is 5.47. The van der Waals surface area contributed by atoms with Gasteiger partial charge in [0.25, 0.3) is 0 Å². The lowest BCUT2D eigenvalue weighted by Crippen LogP contribution is -2.25. The van der Waals surface area contributed by atoms with Gasteiger partial charge < -0.3 is 15.2 Å². The summed E-state index contributed by atoms with van der Waals surface area (Å²) in [5.41, 5.74) is 4.02. The van der Waals surface area contributed by atoms with Gasteiger partial charge in [-0.1, -0.05) is 50.2 Å². The summed E-state index contributed by atoms with van der Waals surface area (Å²) < 4.78 is 2.20. The van der Waals surface area contributed by atoms with E-state index in [1.165, 1.54) is 18.7 Å². The maximum atomic E-state index is 12.9. The number of nitrogens with one attached hydrogen (secondary N) is 2. The average Bonchev–Trinajstić information content (AvgIpc) is 3.15. The van der Waals surface area contributed by atoms with E-state index >= 15 is 0 Å². The van der Waals surface area contributed by atoms with Crippen LogP contribution in [-0.4, -0.2) is 36.8 Å². The average molecular weight is 477 g/mol. The van der Waals surface area contributed by atoms with Crippen LogP contribution in [0.15, 0.2) is 53.7 Å². The van der Waals surface area contributed by atoms with Gasteiger partial charge in [-0.05, 0) is 43.2 Å². The number of para-hydroxylation sites is 1. The summed E-state index contributed by atoms with van der Waals surface area (Å²) in [6.45, 7) is 6.44. The number of aryl methyl sites for hydroxylation is 1. The summed E-state index contributed by atoms with van der Waals surface area (Å²) in [7, 11) is 0. The molecule has 0 saturated carbocycles. The van der Waals surface area contributed by atoms with Crippen molar-refractivity contribution in [2.24, 2.45) is 0 Å². The Hall–Kier alpha value is -3.46. The normalized spacial score (nSPS) is 12.1. The minimum atomic E-state index is -0.372. The molecule has 9 heteroatoms. The van der Waals surface area contributed by atoms with Gasteiger partial charge in [-0.15, -0.1) is 10.2 Å². The molecule has 0 aliphatic rings. The molecular weight excluding hydrogens is 448 g/mol. The minimum Gasteiger partial charge on any atom is -0.326 e. The van der Waals surface area contributed by atoms with Gasteiger partial charge in [0.15, 0.2) is 5.65 Å². The third-order valence-corrected chi connectivity index (χ3v) is 6.69. The van der Waals surface area contributed by atoms with Crippen LogP contribution in [0.1, 0.15) is 40.0 Å². The Balaban J connectivity index is 1.54. The number of carbonyl (C=O) groups is 2. The van der Waals surface area contributed by atoms with Crippen LogP contribution < -0.4 is 10.6 Å². The molecule has 2 amide bonds. The predicted octanol–water partition coefficient (Wildman–Crippen LogP) is 5.25. The first-order valence-corrected chi connectivity index (χ1v) is 12.3. The lowest BCUT2D eigenvalue weighted by molar-refractivity contribution is -0.116. The molecule has 0 bridgehead atoms. The summed E-state index contributed by atoms with van der Waals surface area (Å²) in [6, 6.07) is 15.2.